The van der Waals surface area contributed by atoms with Crippen LogP contribution in [0.3, 0.4) is 0 Å². The van der Waals surface area contributed by atoms with E-state index in [9.17, 15) is 4.79 Å². The summed E-state index contributed by atoms with van der Waals surface area (Å²) in [6, 6.07) is 17.1. The smallest absolute Gasteiger partial charge is 0.299 e. The van der Waals surface area contributed by atoms with E-state index in [2.05, 4.69) is 20.6 Å². The van der Waals surface area contributed by atoms with E-state index in [1.54, 1.807) is 37.8 Å². The molecule has 0 aliphatic carbocycles. The molecule has 0 atom stereocenters. The molecule has 4 aromatic rings. The van der Waals surface area contributed by atoms with Crippen molar-refractivity contribution >= 4 is 17.6 Å². The van der Waals surface area contributed by atoms with Gasteiger partial charge in [-0.1, -0.05) is 18.2 Å². The Labute approximate surface area is 180 Å². The number of methoxy groups -OCH3 is 1. The summed E-state index contributed by atoms with van der Waals surface area (Å²) in [5.41, 5.74) is 4.14. The van der Waals surface area contributed by atoms with Gasteiger partial charge < -0.3 is 19.8 Å². The Morgan fingerprint density at radius 1 is 1.06 bits per heavy atom. The Kier molecular flexibility index (Phi) is 5.93. The van der Waals surface area contributed by atoms with E-state index in [1.165, 1.54) is 0 Å². The van der Waals surface area contributed by atoms with Crippen LogP contribution in [0.1, 0.15) is 21.5 Å². The lowest BCUT2D eigenvalue weighted by Gasteiger charge is -2.10. The molecule has 0 radical (unpaired) electrons. The molecule has 0 unspecified atom stereocenters. The van der Waals surface area contributed by atoms with Crippen molar-refractivity contribution in [1.29, 1.82) is 0 Å². The quantitative estimate of drug-likeness (QED) is 0.455. The van der Waals surface area contributed by atoms with Crippen LogP contribution in [0.4, 0.5) is 11.7 Å². The molecular weight excluding hydrogens is 392 g/mol. The van der Waals surface area contributed by atoms with Crippen LogP contribution in [0.2, 0.25) is 0 Å². The highest BCUT2D eigenvalue weighted by molar-refractivity contribution is 5.95. The van der Waals surface area contributed by atoms with Gasteiger partial charge in [0.15, 0.2) is 5.76 Å². The predicted molar refractivity (Wildman–Crippen MR) is 118 cm³/mol. The number of pyridine rings is 1. The Balaban J connectivity index is 1.44. The van der Waals surface area contributed by atoms with E-state index in [0.29, 0.717) is 23.9 Å². The van der Waals surface area contributed by atoms with Gasteiger partial charge in [0.05, 0.1) is 13.3 Å². The number of aryl methyl sites for hydroxylation is 1. The molecule has 2 N–H and O–H groups in total. The van der Waals surface area contributed by atoms with Gasteiger partial charge >= 0.3 is 0 Å². The minimum absolute atomic E-state index is 0.163. The average molecular weight is 414 g/mol. The molecule has 1 amide bonds. The zero-order chi connectivity index (χ0) is 21.6. The number of carbonyl (C=O) groups excluding carboxylic acids is 1. The topological polar surface area (TPSA) is 89.3 Å². The molecule has 0 aliphatic rings. The monoisotopic (exact) mass is 414 g/mol. The second-order valence-corrected chi connectivity index (χ2v) is 6.95. The Hall–Kier alpha value is -4.13. The minimum Gasteiger partial charge on any atom is -0.497 e. The van der Waals surface area contributed by atoms with Gasteiger partial charge in [0.2, 0.25) is 0 Å². The number of anilines is 2. The summed E-state index contributed by atoms with van der Waals surface area (Å²) >= 11 is 0. The average Bonchev–Trinajstić information content (AvgIpc) is 3.28. The third kappa shape index (κ3) is 4.90. The maximum atomic E-state index is 12.6. The summed E-state index contributed by atoms with van der Waals surface area (Å²) in [6.45, 7) is 2.38. The number of aromatic nitrogens is 2. The van der Waals surface area contributed by atoms with Crippen LogP contribution in [-0.2, 0) is 6.54 Å². The zero-order valence-electron chi connectivity index (χ0n) is 17.3. The number of ether oxygens (including phenoxy) is 1. The molecule has 156 valence electrons. The lowest BCUT2D eigenvalue weighted by atomic mass is 10.1. The van der Waals surface area contributed by atoms with Crippen molar-refractivity contribution in [3.8, 4) is 17.1 Å². The van der Waals surface area contributed by atoms with Crippen molar-refractivity contribution in [3.05, 3.63) is 89.9 Å². The standard InChI is InChI=1S/C24H22N4O3/c1-16-3-6-19(23(29)26-14-17-4-7-20(30-2)8-5-17)13-21(16)28-24-27-15-22(31-24)18-9-11-25-12-10-18/h3-13,15H,14H2,1-2H3,(H,26,29)(H,27,28). The van der Waals surface area contributed by atoms with Gasteiger partial charge in [-0.05, 0) is 54.4 Å². The number of benzene rings is 2. The van der Waals surface area contributed by atoms with Gasteiger partial charge in [-0.25, -0.2) is 4.98 Å². The molecule has 0 saturated heterocycles. The first-order valence-electron chi connectivity index (χ1n) is 9.77. The number of rotatable bonds is 7. The van der Waals surface area contributed by atoms with E-state index in [0.717, 1.165) is 28.1 Å². The number of nitrogens with one attached hydrogen (secondary N) is 2. The normalized spacial score (nSPS) is 10.5. The number of nitrogens with zero attached hydrogens (tertiary/aromatic N) is 2. The summed E-state index contributed by atoms with van der Waals surface area (Å²) in [5, 5.41) is 6.09. The highest BCUT2D eigenvalue weighted by Crippen LogP contribution is 2.26. The Morgan fingerprint density at radius 2 is 1.84 bits per heavy atom. The van der Waals surface area contributed by atoms with Crippen molar-refractivity contribution in [2.24, 2.45) is 0 Å². The molecule has 7 nitrogen and oxygen atoms in total. The molecule has 0 fully saturated rings. The molecular formula is C24H22N4O3. The first-order chi connectivity index (χ1) is 15.1. The molecule has 0 bridgehead atoms. The Morgan fingerprint density at radius 3 is 2.58 bits per heavy atom. The molecule has 2 aromatic carbocycles. The number of hydrogen-bond acceptors (Lipinski definition) is 6. The highest BCUT2D eigenvalue weighted by atomic mass is 16.5. The largest absolute Gasteiger partial charge is 0.497 e. The molecule has 0 saturated carbocycles. The fourth-order valence-corrected chi connectivity index (χ4v) is 3.02. The number of hydrogen-bond donors (Lipinski definition) is 2. The third-order valence-corrected chi connectivity index (χ3v) is 4.82. The van der Waals surface area contributed by atoms with E-state index in [1.807, 2.05) is 49.4 Å². The van der Waals surface area contributed by atoms with Crippen molar-refractivity contribution < 1.29 is 13.9 Å². The molecule has 0 spiro atoms. The predicted octanol–water partition coefficient (Wildman–Crippen LogP) is 4.73. The first kappa shape index (κ1) is 20.2. The van der Waals surface area contributed by atoms with Crippen LogP contribution in [-0.4, -0.2) is 23.0 Å². The second-order valence-electron chi connectivity index (χ2n) is 6.95. The van der Waals surface area contributed by atoms with Gasteiger partial charge in [-0.15, -0.1) is 0 Å². The van der Waals surface area contributed by atoms with Crippen molar-refractivity contribution in [1.82, 2.24) is 15.3 Å². The minimum atomic E-state index is -0.163. The lowest BCUT2D eigenvalue weighted by molar-refractivity contribution is 0.0951. The summed E-state index contributed by atoms with van der Waals surface area (Å²) in [4.78, 5) is 20.9. The number of amides is 1. The molecule has 7 heteroatoms. The van der Waals surface area contributed by atoms with E-state index >= 15 is 0 Å². The zero-order valence-corrected chi connectivity index (χ0v) is 17.3. The van der Waals surface area contributed by atoms with E-state index < -0.39 is 0 Å². The summed E-state index contributed by atoms with van der Waals surface area (Å²) in [6.07, 6.45) is 5.05. The van der Waals surface area contributed by atoms with Crippen LogP contribution in [0.15, 0.2) is 77.6 Å². The molecule has 0 aliphatic heterocycles. The number of carbonyl (C=O) groups is 1. The van der Waals surface area contributed by atoms with Crippen LogP contribution in [0.5, 0.6) is 5.75 Å². The van der Waals surface area contributed by atoms with Crippen LogP contribution in [0.25, 0.3) is 11.3 Å². The molecule has 4 rings (SSSR count). The SMILES string of the molecule is COc1ccc(CNC(=O)c2ccc(C)c(Nc3ncc(-c4ccncc4)o3)c2)cc1. The second kappa shape index (κ2) is 9.13. The van der Waals surface area contributed by atoms with Gasteiger partial charge in [0.25, 0.3) is 11.9 Å². The Bertz CT molecular complexity index is 1170. The van der Waals surface area contributed by atoms with E-state index in [4.69, 9.17) is 9.15 Å². The molecule has 2 heterocycles. The highest BCUT2D eigenvalue weighted by Gasteiger charge is 2.11. The summed E-state index contributed by atoms with van der Waals surface area (Å²) in [7, 11) is 1.62. The van der Waals surface area contributed by atoms with Crippen LogP contribution < -0.4 is 15.4 Å². The van der Waals surface area contributed by atoms with Gasteiger partial charge in [0.1, 0.15) is 5.75 Å². The first-order valence-corrected chi connectivity index (χ1v) is 9.77. The fraction of sp³-hybridized carbons (Fsp3) is 0.125. The van der Waals surface area contributed by atoms with E-state index in [-0.39, 0.29) is 5.91 Å². The van der Waals surface area contributed by atoms with Crippen molar-refractivity contribution in [2.75, 3.05) is 12.4 Å². The van der Waals surface area contributed by atoms with Gasteiger partial charge in [-0.2, -0.15) is 0 Å². The van der Waals surface area contributed by atoms with Crippen molar-refractivity contribution in [3.63, 3.8) is 0 Å². The summed E-state index contributed by atoms with van der Waals surface area (Å²) in [5.74, 6) is 1.25. The molecule has 31 heavy (non-hydrogen) atoms. The number of oxazole rings is 1. The van der Waals surface area contributed by atoms with Crippen molar-refractivity contribution in [2.45, 2.75) is 13.5 Å². The van der Waals surface area contributed by atoms with Gasteiger partial charge in [-0.3, -0.25) is 9.78 Å². The van der Waals surface area contributed by atoms with Crippen LogP contribution in [0, 0.1) is 6.92 Å². The molecule has 2 aromatic heterocycles. The third-order valence-electron chi connectivity index (χ3n) is 4.82. The lowest BCUT2D eigenvalue weighted by Crippen LogP contribution is -2.22. The fourth-order valence-electron chi connectivity index (χ4n) is 3.02. The summed E-state index contributed by atoms with van der Waals surface area (Å²) < 4.78 is 10.9. The maximum absolute atomic E-state index is 12.6. The maximum Gasteiger partial charge on any atom is 0.299 e. The van der Waals surface area contributed by atoms with Crippen LogP contribution >= 0.6 is 0 Å². The van der Waals surface area contributed by atoms with Gasteiger partial charge in [0, 0.05) is 35.8 Å².